The molecule has 0 aliphatic heterocycles. The van der Waals surface area contributed by atoms with Crippen molar-refractivity contribution in [3.05, 3.63) is 60.6 Å². The molecule has 0 aliphatic carbocycles. The van der Waals surface area contributed by atoms with Gasteiger partial charge in [0.1, 0.15) is 17.5 Å². The normalized spacial score (nSPS) is 11.7. The van der Waals surface area contributed by atoms with Gasteiger partial charge in [-0.2, -0.15) is 9.78 Å². The highest BCUT2D eigenvalue weighted by molar-refractivity contribution is 6.38. The monoisotopic (exact) mass is 354 g/mol. The van der Waals surface area contributed by atoms with Crippen molar-refractivity contribution in [2.45, 2.75) is 12.5 Å². The van der Waals surface area contributed by atoms with Crippen LogP contribution in [-0.4, -0.2) is 43.4 Å². The number of nitrogens with one attached hydrogen (secondary N) is 1. The number of carbonyl (C=O) groups excluding carboxylic acids is 3. The predicted molar refractivity (Wildman–Crippen MR) is 87.0 cm³/mol. The zero-order valence-corrected chi connectivity index (χ0v) is 13.4. The summed E-state index contributed by atoms with van der Waals surface area (Å²) in [6.07, 6.45) is 5.80. The van der Waals surface area contributed by atoms with Crippen LogP contribution >= 0.6 is 0 Å². The minimum Gasteiger partial charge on any atom is -0.469 e. The molecule has 0 aliphatic rings. The second-order valence-corrected chi connectivity index (χ2v) is 5.22. The quantitative estimate of drug-likeness (QED) is 0.551. The molecule has 0 saturated carbocycles. The first-order chi connectivity index (χ1) is 12.6. The van der Waals surface area contributed by atoms with Crippen LogP contribution in [0.15, 0.2) is 53.5 Å². The Hall–Kier alpha value is -3.82. The summed E-state index contributed by atoms with van der Waals surface area (Å²) >= 11 is 0. The van der Waals surface area contributed by atoms with E-state index < -0.39 is 23.6 Å². The van der Waals surface area contributed by atoms with E-state index in [-0.39, 0.29) is 18.1 Å². The van der Waals surface area contributed by atoms with Gasteiger partial charge in [0.25, 0.3) is 17.8 Å². The lowest BCUT2D eigenvalue weighted by Gasteiger charge is -2.15. The first kappa shape index (κ1) is 17.0. The molecular weight excluding hydrogens is 340 g/mol. The predicted octanol–water partition coefficient (Wildman–Crippen LogP) is -0.349. The van der Waals surface area contributed by atoms with Crippen molar-refractivity contribution < 1.29 is 18.8 Å². The Morgan fingerprint density at radius 1 is 1.15 bits per heavy atom. The van der Waals surface area contributed by atoms with E-state index in [0.717, 1.165) is 0 Å². The van der Waals surface area contributed by atoms with Crippen LogP contribution in [-0.2, 0) is 16.0 Å². The number of Topliss-reactive ketones (excluding diaryl/α,β-unsaturated/α-hetero) is 1. The molecule has 0 radical (unpaired) electrons. The van der Waals surface area contributed by atoms with Crippen LogP contribution in [0, 0.1) is 0 Å². The van der Waals surface area contributed by atoms with E-state index in [0.29, 0.717) is 5.76 Å². The fourth-order valence-electron chi connectivity index (χ4n) is 2.28. The van der Waals surface area contributed by atoms with Gasteiger partial charge in [-0.15, -0.1) is 0 Å². The van der Waals surface area contributed by atoms with Gasteiger partial charge in [0, 0.05) is 18.8 Å². The Balaban J connectivity index is 1.83. The molecule has 3 aromatic heterocycles. The maximum Gasteiger partial charge on any atom is 0.287 e. The molecule has 0 fully saturated rings. The van der Waals surface area contributed by atoms with Gasteiger partial charge < -0.3 is 15.5 Å². The first-order valence-electron chi connectivity index (χ1n) is 7.54. The third-order valence-electron chi connectivity index (χ3n) is 3.47. The number of nitrogens with two attached hydrogens (primary N) is 1. The number of furan rings is 1. The Kier molecular flexibility index (Phi) is 4.83. The molecule has 1 unspecified atom stereocenters. The second kappa shape index (κ2) is 7.38. The first-order valence-corrected chi connectivity index (χ1v) is 7.54. The van der Waals surface area contributed by atoms with Crippen LogP contribution in [0.25, 0.3) is 5.95 Å². The molecule has 1 atom stereocenters. The lowest BCUT2D eigenvalue weighted by molar-refractivity contribution is -0.137. The molecule has 3 rings (SSSR count). The van der Waals surface area contributed by atoms with Crippen molar-refractivity contribution in [3.63, 3.8) is 0 Å². The number of nitrogens with zero attached hydrogens (tertiary/aromatic N) is 4. The number of amides is 2. The highest BCUT2D eigenvalue weighted by atomic mass is 16.3. The van der Waals surface area contributed by atoms with E-state index in [1.54, 1.807) is 18.2 Å². The number of carbonyl (C=O) groups is 3. The molecular formula is C16H14N6O4. The van der Waals surface area contributed by atoms with E-state index in [4.69, 9.17) is 10.2 Å². The number of ketones is 1. The van der Waals surface area contributed by atoms with Gasteiger partial charge in [-0.1, -0.05) is 0 Å². The number of rotatable bonds is 7. The lowest BCUT2D eigenvalue weighted by Crippen LogP contribution is -2.47. The van der Waals surface area contributed by atoms with Crippen molar-refractivity contribution in [1.82, 2.24) is 25.1 Å². The molecule has 0 aromatic carbocycles. The summed E-state index contributed by atoms with van der Waals surface area (Å²) in [5.41, 5.74) is 5.17. The number of primary amides is 1. The van der Waals surface area contributed by atoms with Crippen LogP contribution in [0.2, 0.25) is 0 Å². The van der Waals surface area contributed by atoms with Gasteiger partial charge in [-0.25, -0.2) is 9.97 Å². The van der Waals surface area contributed by atoms with E-state index >= 15 is 0 Å². The summed E-state index contributed by atoms with van der Waals surface area (Å²) < 4.78 is 6.38. The number of hydrogen-bond acceptors (Lipinski definition) is 7. The molecule has 132 valence electrons. The summed E-state index contributed by atoms with van der Waals surface area (Å²) in [4.78, 5) is 44.0. The average Bonchev–Trinajstić information content (AvgIpc) is 3.32. The van der Waals surface area contributed by atoms with E-state index in [2.05, 4.69) is 20.4 Å². The highest BCUT2D eigenvalue weighted by Crippen LogP contribution is 2.09. The van der Waals surface area contributed by atoms with Gasteiger partial charge in [-0.05, 0) is 24.3 Å². The van der Waals surface area contributed by atoms with Gasteiger partial charge in [0.2, 0.25) is 5.78 Å². The van der Waals surface area contributed by atoms with Crippen LogP contribution in [0.3, 0.4) is 0 Å². The molecule has 10 heteroatoms. The Labute approximate surface area is 147 Å². The highest BCUT2D eigenvalue weighted by Gasteiger charge is 2.28. The van der Waals surface area contributed by atoms with Crippen molar-refractivity contribution >= 4 is 17.6 Å². The van der Waals surface area contributed by atoms with E-state index in [1.165, 1.54) is 35.6 Å². The lowest BCUT2D eigenvalue weighted by atomic mass is 10.1. The van der Waals surface area contributed by atoms with E-state index in [1.807, 2.05) is 0 Å². The zero-order chi connectivity index (χ0) is 18.5. The van der Waals surface area contributed by atoms with Gasteiger partial charge in [-0.3, -0.25) is 14.4 Å². The Morgan fingerprint density at radius 2 is 1.92 bits per heavy atom. The Morgan fingerprint density at radius 3 is 2.58 bits per heavy atom. The molecule has 3 aromatic rings. The smallest absolute Gasteiger partial charge is 0.287 e. The van der Waals surface area contributed by atoms with Crippen molar-refractivity contribution in [3.8, 4) is 5.95 Å². The van der Waals surface area contributed by atoms with Gasteiger partial charge >= 0.3 is 0 Å². The van der Waals surface area contributed by atoms with Crippen molar-refractivity contribution in [2.75, 3.05) is 0 Å². The topological polar surface area (TPSA) is 146 Å². The number of hydrogen-bond donors (Lipinski definition) is 2. The third kappa shape index (κ3) is 3.64. The molecule has 2 amide bonds. The minimum atomic E-state index is -1.17. The molecule has 0 spiro atoms. The summed E-state index contributed by atoms with van der Waals surface area (Å²) in [6, 6.07) is 5.13. The molecule has 3 heterocycles. The van der Waals surface area contributed by atoms with Gasteiger partial charge in [0.15, 0.2) is 0 Å². The summed E-state index contributed by atoms with van der Waals surface area (Å²) in [5, 5.41) is 6.49. The van der Waals surface area contributed by atoms with Crippen molar-refractivity contribution in [1.29, 1.82) is 0 Å². The molecule has 10 nitrogen and oxygen atoms in total. The summed E-state index contributed by atoms with van der Waals surface area (Å²) in [5.74, 6) is -2.11. The van der Waals surface area contributed by atoms with Crippen LogP contribution in [0.5, 0.6) is 0 Å². The average molecular weight is 354 g/mol. The fourth-order valence-corrected chi connectivity index (χ4v) is 2.28. The third-order valence-corrected chi connectivity index (χ3v) is 3.47. The molecule has 0 bridgehead atoms. The Bertz CT molecular complexity index is 919. The zero-order valence-electron chi connectivity index (χ0n) is 13.4. The van der Waals surface area contributed by atoms with Crippen molar-refractivity contribution in [2.24, 2.45) is 5.73 Å². The second-order valence-electron chi connectivity index (χ2n) is 5.22. The van der Waals surface area contributed by atoms with Gasteiger partial charge in [0.05, 0.1) is 12.5 Å². The largest absolute Gasteiger partial charge is 0.469 e. The fraction of sp³-hybridized carbons (Fsp3) is 0.125. The molecule has 26 heavy (non-hydrogen) atoms. The SMILES string of the molecule is NC(=O)C(=O)C(Cc1ccco1)NC(=O)c1ccnn1-c1ncccn1. The summed E-state index contributed by atoms with van der Waals surface area (Å²) in [6.45, 7) is 0. The van der Waals surface area contributed by atoms with Crippen LogP contribution < -0.4 is 11.1 Å². The van der Waals surface area contributed by atoms with E-state index in [9.17, 15) is 14.4 Å². The molecule has 0 saturated heterocycles. The number of aromatic nitrogens is 4. The maximum absolute atomic E-state index is 12.6. The van der Waals surface area contributed by atoms with Crippen LogP contribution in [0.1, 0.15) is 16.2 Å². The summed E-state index contributed by atoms with van der Waals surface area (Å²) in [7, 11) is 0. The molecule has 3 N–H and O–H groups in total. The standard InChI is InChI=1S/C16H14N6O4/c17-14(24)13(23)11(9-10-3-1-8-26-10)21-15(25)12-4-7-20-22(12)16-18-5-2-6-19-16/h1-8,11H,9H2,(H2,17,24)(H,21,25). The maximum atomic E-state index is 12.6. The van der Waals surface area contributed by atoms with Crippen LogP contribution in [0.4, 0.5) is 0 Å². The minimum absolute atomic E-state index is 0.0174.